The first-order valence-electron chi connectivity index (χ1n) is 5.14. The van der Waals surface area contributed by atoms with E-state index >= 15 is 0 Å². The van der Waals surface area contributed by atoms with E-state index in [2.05, 4.69) is 47.0 Å². The minimum atomic E-state index is 0.124. The summed E-state index contributed by atoms with van der Waals surface area (Å²) in [6.07, 6.45) is 1.71. The summed E-state index contributed by atoms with van der Waals surface area (Å²) >= 11 is 3.24. The van der Waals surface area contributed by atoms with Crippen molar-refractivity contribution in [3.63, 3.8) is 0 Å². The van der Waals surface area contributed by atoms with E-state index in [-0.39, 0.29) is 5.91 Å². The van der Waals surface area contributed by atoms with Gasteiger partial charge in [-0.15, -0.1) is 0 Å². The van der Waals surface area contributed by atoms with Crippen molar-refractivity contribution in [1.82, 2.24) is 10.2 Å². The van der Waals surface area contributed by atoms with Crippen LogP contribution in [0, 0.1) is 0 Å². The van der Waals surface area contributed by atoms with Gasteiger partial charge in [0, 0.05) is 24.3 Å². The van der Waals surface area contributed by atoms with E-state index in [1.165, 1.54) is 0 Å². The first-order chi connectivity index (χ1) is 6.61. The molecule has 84 valence electrons. The average Bonchev–Trinajstić information content (AvgIpc) is 2.15. The van der Waals surface area contributed by atoms with Crippen LogP contribution in [0.15, 0.2) is 0 Å². The van der Waals surface area contributed by atoms with Crippen molar-refractivity contribution in [2.75, 3.05) is 25.5 Å². The van der Waals surface area contributed by atoms with Gasteiger partial charge in [0.25, 0.3) is 0 Å². The summed E-state index contributed by atoms with van der Waals surface area (Å²) in [5.74, 6) is 0.124. The van der Waals surface area contributed by atoms with Crippen LogP contribution >= 0.6 is 15.9 Å². The van der Waals surface area contributed by atoms with Crippen molar-refractivity contribution in [1.29, 1.82) is 0 Å². The fourth-order valence-electron chi connectivity index (χ4n) is 1.16. The Hall–Kier alpha value is -0.0900. The largest absolute Gasteiger partial charge is 0.355 e. The molecule has 0 radical (unpaired) electrons. The molecule has 0 aromatic carbocycles. The predicted octanol–water partition coefficient (Wildman–Crippen LogP) is 1.62. The third kappa shape index (κ3) is 6.38. The fourth-order valence-corrected chi connectivity index (χ4v) is 1.52. The molecule has 4 heteroatoms. The van der Waals surface area contributed by atoms with E-state index < -0.39 is 0 Å². The zero-order chi connectivity index (χ0) is 11.0. The second-order valence-electron chi connectivity index (χ2n) is 3.57. The molecule has 0 spiro atoms. The maximum Gasteiger partial charge on any atom is 0.220 e. The number of likely N-dealkylation sites (N-methyl/N-ethyl adjacent to an activating group) is 1. The molecule has 1 unspecified atom stereocenters. The Kier molecular flexibility index (Phi) is 8.18. The number of rotatable bonds is 7. The molecule has 0 aliphatic carbocycles. The number of nitrogens with zero attached hydrogens (tertiary/aromatic N) is 1. The Morgan fingerprint density at radius 2 is 2.21 bits per heavy atom. The molecule has 14 heavy (non-hydrogen) atoms. The molecule has 0 saturated carbocycles. The van der Waals surface area contributed by atoms with Crippen LogP contribution < -0.4 is 5.32 Å². The standard InChI is InChI=1S/C10H21BrN2O/c1-4-7-13(3)9(2)8-12-10(14)5-6-11/h9H,4-8H2,1-3H3,(H,12,14). The number of amides is 1. The lowest BCUT2D eigenvalue weighted by molar-refractivity contribution is -0.120. The predicted molar refractivity (Wildman–Crippen MR) is 63.8 cm³/mol. The van der Waals surface area contributed by atoms with Gasteiger partial charge < -0.3 is 10.2 Å². The quantitative estimate of drug-likeness (QED) is 0.709. The highest BCUT2D eigenvalue weighted by atomic mass is 79.9. The van der Waals surface area contributed by atoms with E-state index in [0.29, 0.717) is 12.5 Å². The van der Waals surface area contributed by atoms with Crippen LogP contribution in [0.5, 0.6) is 0 Å². The van der Waals surface area contributed by atoms with Gasteiger partial charge in [-0.2, -0.15) is 0 Å². The van der Waals surface area contributed by atoms with E-state index in [1.54, 1.807) is 0 Å². The Morgan fingerprint density at radius 1 is 1.57 bits per heavy atom. The average molecular weight is 265 g/mol. The lowest BCUT2D eigenvalue weighted by Gasteiger charge is -2.24. The summed E-state index contributed by atoms with van der Waals surface area (Å²) in [6, 6.07) is 0.411. The second kappa shape index (κ2) is 8.24. The van der Waals surface area contributed by atoms with Crippen LogP contribution in [0.1, 0.15) is 26.7 Å². The molecule has 1 N–H and O–H groups in total. The molecular formula is C10H21BrN2O. The van der Waals surface area contributed by atoms with Crippen LogP contribution in [-0.2, 0) is 4.79 Å². The SMILES string of the molecule is CCCN(C)C(C)CNC(=O)CCBr. The van der Waals surface area contributed by atoms with Gasteiger partial charge >= 0.3 is 0 Å². The van der Waals surface area contributed by atoms with Gasteiger partial charge in [0.15, 0.2) is 0 Å². The molecule has 0 aliphatic rings. The lowest BCUT2D eigenvalue weighted by Crippen LogP contribution is -2.40. The highest BCUT2D eigenvalue weighted by molar-refractivity contribution is 9.09. The summed E-state index contributed by atoms with van der Waals surface area (Å²) in [5, 5.41) is 3.65. The molecule has 0 aromatic rings. The van der Waals surface area contributed by atoms with E-state index in [1.807, 2.05) is 0 Å². The van der Waals surface area contributed by atoms with Crippen LogP contribution in [0.3, 0.4) is 0 Å². The van der Waals surface area contributed by atoms with Gasteiger partial charge in [0.2, 0.25) is 5.91 Å². The first-order valence-corrected chi connectivity index (χ1v) is 6.26. The van der Waals surface area contributed by atoms with Crippen LogP contribution in [0.4, 0.5) is 0 Å². The summed E-state index contributed by atoms with van der Waals surface area (Å²) in [5.41, 5.74) is 0. The number of alkyl halides is 1. The van der Waals surface area contributed by atoms with E-state index in [9.17, 15) is 4.79 Å². The van der Waals surface area contributed by atoms with E-state index in [4.69, 9.17) is 0 Å². The van der Waals surface area contributed by atoms with Gasteiger partial charge in [-0.25, -0.2) is 0 Å². The van der Waals surface area contributed by atoms with Crippen molar-refractivity contribution in [3.8, 4) is 0 Å². The molecule has 0 rings (SSSR count). The van der Waals surface area contributed by atoms with Crippen molar-refractivity contribution >= 4 is 21.8 Å². The summed E-state index contributed by atoms with van der Waals surface area (Å²) < 4.78 is 0. The lowest BCUT2D eigenvalue weighted by atomic mass is 10.2. The van der Waals surface area contributed by atoms with Crippen LogP contribution in [0.25, 0.3) is 0 Å². The summed E-state index contributed by atoms with van der Waals surface area (Å²) in [4.78, 5) is 13.4. The molecule has 1 amide bonds. The zero-order valence-electron chi connectivity index (χ0n) is 9.35. The fraction of sp³-hybridized carbons (Fsp3) is 0.900. The van der Waals surface area contributed by atoms with E-state index in [0.717, 1.165) is 24.8 Å². The molecule has 0 heterocycles. The third-order valence-electron chi connectivity index (χ3n) is 2.24. The Bertz CT molecular complexity index is 164. The number of nitrogens with one attached hydrogen (secondary N) is 1. The first kappa shape index (κ1) is 13.9. The highest BCUT2D eigenvalue weighted by Crippen LogP contribution is 1.95. The maximum absolute atomic E-state index is 11.2. The number of hydrogen-bond donors (Lipinski definition) is 1. The molecule has 0 fully saturated rings. The van der Waals surface area contributed by atoms with Gasteiger partial charge in [-0.3, -0.25) is 4.79 Å². The number of halogens is 1. The molecule has 0 aliphatic heterocycles. The minimum absolute atomic E-state index is 0.124. The number of hydrogen-bond acceptors (Lipinski definition) is 2. The van der Waals surface area contributed by atoms with Crippen molar-refractivity contribution in [2.45, 2.75) is 32.7 Å². The topological polar surface area (TPSA) is 32.3 Å². The molecule has 0 aromatic heterocycles. The number of carbonyl (C=O) groups excluding carboxylic acids is 1. The minimum Gasteiger partial charge on any atom is -0.355 e. The number of carbonyl (C=O) groups is 1. The smallest absolute Gasteiger partial charge is 0.220 e. The monoisotopic (exact) mass is 264 g/mol. The molecule has 1 atom stereocenters. The normalized spacial score (nSPS) is 12.9. The summed E-state index contributed by atoms with van der Waals surface area (Å²) in [6.45, 7) is 6.11. The second-order valence-corrected chi connectivity index (χ2v) is 4.37. The van der Waals surface area contributed by atoms with Gasteiger partial charge in [0.05, 0.1) is 0 Å². The maximum atomic E-state index is 11.2. The molecular weight excluding hydrogens is 244 g/mol. The molecule has 0 saturated heterocycles. The van der Waals surface area contributed by atoms with Crippen LogP contribution in [-0.4, -0.2) is 42.3 Å². The van der Waals surface area contributed by atoms with Crippen molar-refractivity contribution in [3.05, 3.63) is 0 Å². The third-order valence-corrected chi connectivity index (χ3v) is 2.64. The van der Waals surface area contributed by atoms with Gasteiger partial charge in [0.1, 0.15) is 0 Å². The zero-order valence-corrected chi connectivity index (χ0v) is 10.9. The molecule has 3 nitrogen and oxygen atoms in total. The van der Waals surface area contributed by atoms with Gasteiger partial charge in [-0.05, 0) is 26.9 Å². The van der Waals surface area contributed by atoms with Gasteiger partial charge in [-0.1, -0.05) is 22.9 Å². The molecule has 0 bridgehead atoms. The van der Waals surface area contributed by atoms with Crippen molar-refractivity contribution < 1.29 is 4.79 Å². The Labute approximate surface area is 95.4 Å². The van der Waals surface area contributed by atoms with Crippen molar-refractivity contribution in [2.24, 2.45) is 0 Å². The Morgan fingerprint density at radius 3 is 2.71 bits per heavy atom. The highest BCUT2D eigenvalue weighted by Gasteiger charge is 2.08. The Balaban J connectivity index is 3.61. The summed E-state index contributed by atoms with van der Waals surface area (Å²) in [7, 11) is 2.09. The van der Waals surface area contributed by atoms with Crippen LogP contribution in [0.2, 0.25) is 0 Å².